The van der Waals surface area contributed by atoms with Crippen molar-refractivity contribution in [3.63, 3.8) is 0 Å². The molecule has 0 unspecified atom stereocenters. The van der Waals surface area contributed by atoms with Crippen molar-refractivity contribution in [1.29, 1.82) is 0 Å². The zero-order valence-corrected chi connectivity index (χ0v) is 10.6. The molecule has 0 spiro atoms. The molecular weight excluding hydrogens is 287 g/mol. The first-order valence-corrected chi connectivity index (χ1v) is 5.68. The minimum Gasteiger partial charge on any atom is -0.205 e. The molecule has 0 bridgehead atoms. The summed E-state index contributed by atoms with van der Waals surface area (Å²) in [5.74, 6) is -0.0696. The Labute approximate surface area is 112 Å². The highest BCUT2D eigenvalue weighted by Gasteiger charge is 2.06. The largest absolute Gasteiger partial charge is 0.226 e. The van der Waals surface area contributed by atoms with Gasteiger partial charge in [0, 0.05) is 6.42 Å². The number of hydrogen-bond donors (Lipinski definition) is 0. The van der Waals surface area contributed by atoms with Crippen LogP contribution in [0.4, 0.5) is 4.39 Å². The summed E-state index contributed by atoms with van der Waals surface area (Å²) in [6, 6.07) is 4.37. The van der Waals surface area contributed by atoms with Crippen LogP contribution in [0.5, 0.6) is 0 Å². The van der Waals surface area contributed by atoms with Crippen LogP contribution in [0.1, 0.15) is 11.4 Å². The minimum atomic E-state index is -0.470. The van der Waals surface area contributed by atoms with Gasteiger partial charge in [-0.3, -0.25) is 0 Å². The fourth-order valence-electron chi connectivity index (χ4n) is 1.28. The molecule has 2 aromatic rings. The SMILES string of the molecule is Fc1ccc(Cc2nc(Cl)nc(Cl)n2)cc1Cl. The van der Waals surface area contributed by atoms with E-state index < -0.39 is 5.82 Å². The minimum absolute atomic E-state index is 0.0215. The Balaban J connectivity index is 2.28. The Morgan fingerprint density at radius 1 is 1.00 bits per heavy atom. The highest BCUT2D eigenvalue weighted by Crippen LogP contribution is 2.18. The highest BCUT2D eigenvalue weighted by molar-refractivity contribution is 6.31. The molecule has 17 heavy (non-hydrogen) atoms. The van der Waals surface area contributed by atoms with E-state index in [-0.39, 0.29) is 15.6 Å². The van der Waals surface area contributed by atoms with Gasteiger partial charge in [-0.25, -0.2) is 14.4 Å². The van der Waals surface area contributed by atoms with Crippen LogP contribution in [0, 0.1) is 5.82 Å². The summed E-state index contributed by atoms with van der Waals surface area (Å²) in [5.41, 5.74) is 0.759. The standard InChI is InChI=1S/C10H5Cl3FN3/c11-6-3-5(1-2-7(6)14)4-8-15-9(12)17-10(13)16-8/h1-3H,4H2. The Hall–Kier alpha value is -0.970. The maximum atomic E-state index is 13.0. The summed E-state index contributed by atoms with van der Waals surface area (Å²) in [7, 11) is 0. The first kappa shape index (κ1) is 12.5. The van der Waals surface area contributed by atoms with Crippen molar-refractivity contribution in [2.24, 2.45) is 0 Å². The lowest BCUT2D eigenvalue weighted by Crippen LogP contribution is -1.99. The average Bonchev–Trinajstić information content (AvgIpc) is 2.22. The molecule has 88 valence electrons. The highest BCUT2D eigenvalue weighted by atomic mass is 35.5. The maximum Gasteiger partial charge on any atom is 0.226 e. The van der Waals surface area contributed by atoms with E-state index in [0.717, 1.165) is 5.56 Å². The molecule has 0 fully saturated rings. The molecule has 1 aromatic heterocycles. The van der Waals surface area contributed by atoms with Crippen LogP contribution in [0.15, 0.2) is 18.2 Å². The molecule has 7 heteroatoms. The van der Waals surface area contributed by atoms with Crippen molar-refractivity contribution in [2.45, 2.75) is 6.42 Å². The van der Waals surface area contributed by atoms with Crippen LogP contribution < -0.4 is 0 Å². The summed E-state index contributed by atoms with van der Waals surface area (Å²) in [4.78, 5) is 11.4. The number of aromatic nitrogens is 3. The normalized spacial score (nSPS) is 10.6. The third-order valence-electron chi connectivity index (χ3n) is 1.97. The van der Waals surface area contributed by atoms with Crippen molar-refractivity contribution >= 4 is 34.8 Å². The molecule has 0 aliphatic carbocycles. The van der Waals surface area contributed by atoms with E-state index in [9.17, 15) is 4.39 Å². The van der Waals surface area contributed by atoms with Gasteiger partial charge >= 0.3 is 0 Å². The number of halogens is 4. The lowest BCUT2D eigenvalue weighted by Gasteiger charge is -2.02. The van der Waals surface area contributed by atoms with Crippen LogP contribution in [0.25, 0.3) is 0 Å². The van der Waals surface area contributed by atoms with E-state index in [1.54, 1.807) is 6.07 Å². The monoisotopic (exact) mass is 291 g/mol. The summed E-state index contributed by atoms with van der Waals surface area (Å²) >= 11 is 16.9. The molecule has 0 atom stereocenters. The fraction of sp³-hybridized carbons (Fsp3) is 0.100. The first-order valence-electron chi connectivity index (χ1n) is 4.54. The van der Waals surface area contributed by atoms with E-state index in [1.807, 2.05) is 0 Å². The van der Waals surface area contributed by atoms with Crippen molar-refractivity contribution in [3.8, 4) is 0 Å². The molecule has 0 radical (unpaired) electrons. The number of hydrogen-bond acceptors (Lipinski definition) is 3. The van der Waals surface area contributed by atoms with Crippen LogP contribution >= 0.6 is 34.8 Å². The van der Waals surface area contributed by atoms with Crippen molar-refractivity contribution in [3.05, 3.63) is 51.0 Å². The van der Waals surface area contributed by atoms with E-state index in [1.165, 1.54) is 12.1 Å². The Morgan fingerprint density at radius 3 is 2.24 bits per heavy atom. The van der Waals surface area contributed by atoms with Crippen LogP contribution in [-0.2, 0) is 6.42 Å². The van der Waals surface area contributed by atoms with Crippen molar-refractivity contribution in [2.75, 3.05) is 0 Å². The fourth-order valence-corrected chi connectivity index (χ4v) is 1.88. The predicted octanol–water partition coefficient (Wildman–Crippen LogP) is 3.56. The first-order chi connectivity index (χ1) is 8.04. The second-order valence-electron chi connectivity index (χ2n) is 3.21. The van der Waals surface area contributed by atoms with Gasteiger partial charge in [0.25, 0.3) is 0 Å². The number of rotatable bonds is 2. The molecule has 0 N–H and O–H groups in total. The third-order valence-corrected chi connectivity index (χ3v) is 2.60. The third kappa shape index (κ3) is 3.25. The van der Waals surface area contributed by atoms with Gasteiger partial charge < -0.3 is 0 Å². The molecule has 2 rings (SSSR count). The van der Waals surface area contributed by atoms with E-state index in [4.69, 9.17) is 34.8 Å². The number of benzene rings is 1. The lowest BCUT2D eigenvalue weighted by molar-refractivity contribution is 0.627. The topological polar surface area (TPSA) is 38.7 Å². The predicted molar refractivity (Wildman–Crippen MR) is 64.1 cm³/mol. The quantitative estimate of drug-likeness (QED) is 0.849. The Kier molecular flexibility index (Phi) is 3.76. The van der Waals surface area contributed by atoms with Gasteiger partial charge in [-0.1, -0.05) is 17.7 Å². The molecule has 0 saturated carbocycles. The summed E-state index contributed by atoms with van der Waals surface area (Å²) < 4.78 is 13.0. The maximum absolute atomic E-state index is 13.0. The Bertz CT molecular complexity index is 542. The second-order valence-corrected chi connectivity index (χ2v) is 4.30. The smallest absolute Gasteiger partial charge is 0.205 e. The molecule has 0 aliphatic rings. The van der Waals surface area contributed by atoms with Crippen LogP contribution in [0.3, 0.4) is 0 Å². The van der Waals surface area contributed by atoms with Gasteiger partial charge in [0.2, 0.25) is 10.6 Å². The van der Waals surface area contributed by atoms with Gasteiger partial charge in [0.05, 0.1) is 5.02 Å². The van der Waals surface area contributed by atoms with Crippen LogP contribution in [-0.4, -0.2) is 15.0 Å². The second kappa shape index (κ2) is 5.12. The molecular formula is C10H5Cl3FN3. The number of nitrogens with zero attached hydrogens (tertiary/aromatic N) is 3. The van der Waals surface area contributed by atoms with E-state index in [2.05, 4.69) is 15.0 Å². The van der Waals surface area contributed by atoms with E-state index >= 15 is 0 Å². The Morgan fingerprint density at radius 2 is 1.65 bits per heavy atom. The van der Waals surface area contributed by atoms with Gasteiger partial charge in [-0.2, -0.15) is 4.98 Å². The molecule has 0 aliphatic heterocycles. The van der Waals surface area contributed by atoms with Crippen molar-refractivity contribution in [1.82, 2.24) is 15.0 Å². The average molecular weight is 293 g/mol. The van der Waals surface area contributed by atoms with Crippen molar-refractivity contribution < 1.29 is 4.39 Å². The molecule has 0 saturated heterocycles. The van der Waals surface area contributed by atoms with Gasteiger partial charge in [0.1, 0.15) is 11.6 Å². The van der Waals surface area contributed by atoms with E-state index in [0.29, 0.717) is 12.2 Å². The molecule has 1 aromatic carbocycles. The molecule has 1 heterocycles. The summed E-state index contributed by atoms with van der Waals surface area (Å²) in [5, 5.41) is 0.0927. The van der Waals surface area contributed by atoms with Gasteiger partial charge in [-0.05, 0) is 40.9 Å². The summed E-state index contributed by atoms with van der Waals surface area (Å²) in [6.45, 7) is 0. The van der Waals surface area contributed by atoms with Gasteiger partial charge in [-0.15, -0.1) is 0 Å². The zero-order chi connectivity index (χ0) is 12.4. The lowest BCUT2D eigenvalue weighted by atomic mass is 10.1. The molecule has 3 nitrogen and oxygen atoms in total. The molecule has 0 amide bonds. The van der Waals surface area contributed by atoms with Crippen LogP contribution in [0.2, 0.25) is 15.6 Å². The zero-order valence-electron chi connectivity index (χ0n) is 8.29. The summed E-state index contributed by atoms with van der Waals surface area (Å²) in [6.07, 6.45) is 0.349. The van der Waals surface area contributed by atoms with Gasteiger partial charge in [0.15, 0.2) is 0 Å².